The van der Waals surface area contributed by atoms with Crippen molar-refractivity contribution in [3.05, 3.63) is 118 Å². The first-order valence-corrected chi connectivity index (χ1v) is 24.5. The highest BCUT2D eigenvalue weighted by molar-refractivity contribution is 6.35. The van der Waals surface area contributed by atoms with Crippen molar-refractivity contribution in [1.29, 1.82) is 0 Å². The average Bonchev–Trinajstić information content (AvgIpc) is 3.76. The van der Waals surface area contributed by atoms with Crippen molar-refractivity contribution in [3.8, 4) is 0 Å². The zero-order valence-electron chi connectivity index (χ0n) is 44.9. The van der Waals surface area contributed by atoms with Crippen LogP contribution in [-0.2, 0) is 36.9 Å². The molecule has 70 heavy (non-hydrogen) atoms. The number of aromatic amines is 1. The monoisotopic (exact) mass is 977 g/mol. The van der Waals surface area contributed by atoms with E-state index < -0.39 is 5.97 Å². The van der Waals surface area contributed by atoms with Crippen molar-refractivity contribution in [3.63, 3.8) is 0 Å². The van der Waals surface area contributed by atoms with Crippen LogP contribution in [0, 0.1) is 26.6 Å². The summed E-state index contributed by atoms with van der Waals surface area (Å²) in [5.41, 5.74) is 18.9. The van der Waals surface area contributed by atoms with Gasteiger partial charge in [-0.3, -0.25) is 19.2 Å². The Kier molecular flexibility index (Phi) is 41.7. The minimum absolute atomic E-state index is 0.0310. The minimum atomic E-state index is -0.841. The zero-order valence-corrected chi connectivity index (χ0v) is 44.9. The third-order valence-corrected chi connectivity index (χ3v) is 10.1. The van der Waals surface area contributed by atoms with E-state index in [0.717, 1.165) is 92.2 Å². The summed E-state index contributed by atoms with van der Waals surface area (Å²) in [4.78, 5) is 60.5. The second-order valence-corrected chi connectivity index (χ2v) is 15.1. The van der Waals surface area contributed by atoms with Crippen LogP contribution in [0.25, 0.3) is 11.6 Å². The fourth-order valence-corrected chi connectivity index (χ4v) is 6.27. The second kappa shape index (κ2) is 42.9. The van der Waals surface area contributed by atoms with E-state index in [1.165, 1.54) is 30.3 Å². The molecule has 1 atom stereocenters. The number of halogens is 1. The number of amides is 3. The SMILES string of the molecule is CC.CC.CC(=O)NC(C)Cc1ccccc1.CCCN.CCN(CC)CCNC=O.CN.CNc1ccc(CN2C(=O)/C(=C\c3[nH]c(C)c(C)c3C)c3cc(F)ccc32)cc1.O=CCCCC(=O)O. The summed E-state index contributed by atoms with van der Waals surface area (Å²) in [6.07, 6.45) is 6.21. The highest BCUT2D eigenvalue weighted by Crippen LogP contribution is 2.39. The maximum Gasteiger partial charge on any atom is 0.303 e. The van der Waals surface area contributed by atoms with Gasteiger partial charge in [0.05, 0.1) is 17.8 Å². The first-order chi connectivity index (χ1) is 33.6. The van der Waals surface area contributed by atoms with Gasteiger partial charge in [-0.2, -0.15) is 0 Å². The number of carbonyl (C=O) groups is 5. The number of H-pyrrole nitrogens is 1. The fourth-order valence-electron chi connectivity index (χ4n) is 6.27. The lowest BCUT2D eigenvalue weighted by Crippen LogP contribution is -2.31. The second-order valence-electron chi connectivity index (χ2n) is 15.1. The molecule has 0 bridgehead atoms. The van der Waals surface area contributed by atoms with Crippen LogP contribution in [0.15, 0.2) is 72.8 Å². The van der Waals surface area contributed by atoms with Crippen LogP contribution in [0.2, 0.25) is 0 Å². The maximum atomic E-state index is 14.0. The quantitative estimate of drug-likeness (QED) is 0.0285. The first kappa shape index (κ1) is 68.1. The molecule has 1 aromatic heterocycles. The number of aromatic nitrogens is 1. The molecule has 14 nitrogen and oxygen atoms in total. The molecule has 15 heteroatoms. The molecule has 9 N–H and O–H groups in total. The van der Waals surface area contributed by atoms with Crippen molar-refractivity contribution >= 4 is 53.5 Å². The van der Waals surface area contributed by atoms with Crippen LogP contribution in [0.5, 0.6) is 0 Å². The van der Waals surface area contributed by atoms with Crippen molar-refractivity contribution in [2.75, 3.05) is 57.0 Å². The maximum absolute atomic E-state index is 14.0. The number of hydrogen-bond donors (Lipinski definition) is 7. The Balaban J connectivity index is -0.000000912. The molecule has 392 valence electrons. The number of unbranched alkanes of at least 4 members (excludes halogenated alkanes) is 1. The third kappa shape index (κ3) is 28.4. The molecule has 0 saturated heterocycles. The number of anilines is 2. The summed E-state index contributed by atoms with van der Waals surface area (Å²) >= 11 is 0. The number of benzene rings is 3. The van der Waals surface area contributed by atoms with E-state index in [-0.39, 0.29) is 30.1 Å². The van der Waals surface area contributed by atoms with Crippen molar-refractivity contribution in [1.82, 2.24) is 20.5 Å². The van der Waals surface area contributed by atoms with Gasteiger partial charge in [-0.15, -0.1) is 0 Å². The standard InChI is InChI=1S/C24H24FN3O.C11H15NO.C7H16N2O.C5H8O3.C3H9N.2C2H6.CH5N/c1-14-15(2)22(27-16(14)3)12-21-20-11-18(25)7-10-23(20)28(24(21)29)13-17-5-8-19(26-4)9-6-17;1-9(12-10(2)13)8-11-6-4-3-5-7-11;1-3-9(4-2)6-5-8-7-10;6-4-2-1-3-5(7)8;1-2-3-4;3*1-2/h5-12,26-27H,13H2,1-4H3;3-7,9H,8H2,1-2H3,(H,12,13);7H,3-6H2,1-2H3,(H,8,10);4H,1-3H2,(H,7,8);2-4H2,1H3;2*1-2H3;2H2,1H3/b21-12-;;;;;;;. The van der Waals surface area contributed by atoms with E-state index in [9.17, 15) is 28.4 Å². The van der Waals surface area contributed by atoms with E-state index in [1.54, 1.807) is 17.9 Å². The molecule has 3 amide bonds. The van der Waals surface area contributed by atoms with Gasteiger partial charge in [-0.05, 0) is 132 Å². The molecule has 0 saturated carbocycles. The van der Waals surface area contributed by atoms with Crippen LogP contribution in [0.1, 0.15) is 127 Å². The van der Waals surface area contributed by atoms with Gasteiger partial charge in [0.25, 0.3) is 5.91 Å². The Hall–Kier alpha value is -6.16. The third-order valence-electron chi connectivity index (χ3n) is 10.1. The molecule has 1 aliphatic rings. The number of rotatable bonds is 18. The van der Waals surface area contributed by atoms with Crippen LogP contribution in [0.3, 0.4) is 0 Å². The van der Waals surface area contributed by atoms with Crippen LogP contribution in [-0.4, -0.2) is 98.3 Å². The summed E-state index contributed by atoms with van der Waals surface area (Å²) in [5.74, 6) is -1.28. The van der Waals surface area contributed by atoms with Gasteiger partial charge in [0.15, 0.2) is 0 Å². The Labute approximate surface area is 420 Å². The summed E-state index contributed by atoms with van der Waals surface area (Å²) in [5, 5.41) is 16.6. The number of carboxylic acids is 1. The van der Waals surface area contributed by atoms with Gasteiger partial charge < -0.3 is 52.1 Å². The molecule has 3 aromatic carbocycles. The molecule has 0 fully saturated rings. The Morgan fingerprint density at radius 2 is 1.49 bits per heavy atom. The van der Waals surface area contributed by atoms with Gasteiger partial charge in [-0.25, -0.2) is 4.39 Å². The predicted molar refractivity (Wildman–Crippen MR) is 291 cm³/mol. The highest BCUT2D eigenvalue weighted by atomic mass is 19.1. The Morgan fingerprint density at radius 3 is 1.94 bits per heavy atom. The number of aldehydes is 1. The predicted octanol–water partition coefficient (Wildman–Crippen LogP) is 9.46. The highest BCUT2D eigenvalue weighted by Gasteiger charge is 2.33. The normalized spacial score (nSPS) is 11.4. The van der Waals surface area contributed by atoms with Gasteiger partial charge in [0.2, 0.25) is 12.3 Å². The summed E-state index contributed by atoms with van der Waals surface area (Å²) in [6, 6.07) is 22.8. The number of nitrogens with two attached hydrogens (primary N) is 2. The van der Waals surface area contributed by atoms with Crippen LogP contribution < -0.4 is 32.3 Å². The van der Waals surface area contributed by atoms with Gasteiger partial charge in [0, 0.05) is 68.6 Å². The molecule has 5 rings (SSSR count). The van der Waals surface area contributed by atoms with Crippen molar-refractivity contribution in [2.24, 2.45) is 11.5 Å². The first-order valence-electron chi connectivity index (χ1n) is 24.5. The number of aryl methyl sites for hydroxylation is 1. The zero-order chi connectivity index (χ0) is 54.0. The fraction of sp³-hybridized carbons (Fsp3) is 0.473. The molecule has 0 aliphatic carbocycles. The van der Waals surface area contributed by atoms with Crippen LogP contribution in [0.4, 0.5) is 15.8 Å². The van der Waals surface area contributed by atoms with E-state index in [2.05, 4.69) is 64.5 Å². The topological polar surface area (TPSA) is 216 Å². The van der Waals surface area contributed by atoms with Crippen LogP contribution >= 0.6 is 0 Å². The van der Waals surface area contributed by atoms with E-state index >= 15 is 0 Å². The van der Waals surface area contributed by atoms with Gasteiger partial charge in [0.1, 0.15) is 12.1 Å². The van der Waals surface area contributed by atoms with E-state index in [1.807, 2.05) is 111 Å². The van der Waals surface area contributed by atoms with Gasteiger partial charge in [-0.1, -0.05) is 90.9 Å². The molecule has 1 unspecified atom stereocenters. The largest absolute Gasteiger partial charge is 0.481 e. The molecule has 4 aromatic rings. The van der Waals surface area contributed by atoms with Gasteiger partial charge >= 0.3 is 5.97 Å². The molecular formula is C55H89FN8O6. The lowest BCUT2D eigenvalue weighted by Gasteiger charge is -2.17. The number of fused-ring (bicyclic) bond motifs is 1. The number of carboxylic acid groups (broad SMARTS) is 1. The summed E-state index contributed by atoms with van der Waals surface area (Å²) in [7, 11) is 3.37. The molecule has 1 aliphatic heterocycles. The van der Waals surface area contributed by atoms with Crippen molar-refractivity contribution in [2.45, 2.75) is 128 Å². The molecule has 2 heterocycles. The Bertz CT molecular complexity index is 2030. The van der Waals surface area contributed by atoms with E-state index in [4.69, 9.17) is 10.8 Å². The molecule has 0 radical (unpaired) electrons. The minimum Gasteiger partial charge on any atom is -0.481 e. The smallest absolute Gasteiger partial charge is 0.303 e. The number of likely N-dealkylation sites (N-methyl/N-ethyl adjacent to an activating group) is 1. The summed E-state index contributed by atoms with van der Waals surface area (Å²) in [6.45, 7) is 29.0. The number of carbonyl (C=O) groups excluding carboxylic acids is 4. The molecule has 0 spiro atoms. The van der Waals surface area contributed by atoms with E-state index in [0.29, 0.717) is 30.5 Å². The number of nitrogens with zero attached hydrogens (tertiary/aromatic N) is 2. The number of aliphatic carboxylic acids is 1. The summed E-state index contributed by atoms with van der Waals surface area (Å²) < 4.78 is 14.0. The lowest BCUT2D eigenvalue weighted by molar-refractivity contribution is -0.137. The number of nitrogens with one attached hydrogen (secondary N) is 4. The Morgan fingerprint density at radius 1 is 0.900 bits per heavy atom. The number of hydrogen-bond acceptors (Lipinski definition) is 9. The van der Waals surface area contributed by atoms with Crippen molar-refractivity contribution < 1.29 is 33.5 Å². The molecular weight excluding hydrogens is 888 g/mol. The average molecular weight is 977 g/mol. The lowest BCUT2D eigenvalue weighted by atomic mass is 10.0.